The zero-order valence-corrected chi connectivity index (χ0v) is 20.1. The number of aromatic nitrogens is 2. The van der Waals surface area contributed by atoms with E-state index in [4.69, 9.17) is 18.9 Å². The van der Waals surface area contributed by atoms with Crippen molar-refractivity contribution in [2.24, 2.45) is 0 Å². The summed E-state index contributed by atoms with van der Waals surface area (Å²) >= 11 is 0. The SMILES string of the molecule is COc1ccc(CCn2c(O)c([C@H]3NCCc4cc(OC)c(OC)cc43)c(=O)[nH]c2=O)cc1OC. The molecule has 2 heterocycles. The van der Waals surface area contributed by atoms with E-state index < -0.39 is 17.3 Å². The lowest BCUT2D eigenvalue weighted by atomic mass is 9.90. The molecule has 3 N–H and O–H groups in total. The smallest absolute Gasteiger partial charge is 0.331 e. The molecule has 35 heavy (non-hydrogen) atoms. The highest BCUT2D eigenvalue weighted by molar-refractivity contribution is 5.52. The van der Waals surface area contributed by atoms with E-state index in [-0.39, 0.29) is 18.0 Å². The Balaban J connectivity index is 1.72. The number of H-pyrrole nitrogens is 1. The van der Waals surface area contributed by atoms with Crippen LogP contribution in [0.4, 0.5) is 0 Å². The van der Waals surface area contributed by atoms with Gasteiger partial charge in [0.15, 0.2) is 23.0 Å². The molecule has 0 unspecified atom stereocenters. The van der Waals surface area contributed by atoms with Crippen molar-refractivity contribution in [1.29, 1.82) is 0 Å². The number of hydrogen-bond acceptors (Lipinski definition) is 8. The van der Waals surface area contributed by atoms with Crippen molar-refractivity contribution in [1.82, 2.24) is 14.9 Å². The van der Waals surface area contributed by atoms with E-state index in [0.717, 1.165) is 16.7 Å². The molecule has 1 aliphatic heterocycles. The van der Waals surface area contributed by atoms with Crippen LogP contribution in [0.2, 0.25) is 0 Å². The summed E-state index contributed by atoms with van der Waals surface area (Å²) < 4.78 is 22.6. The molecule has 0 spiro atoms. The van der Waals surface area contributed by atoms with Crippen molar-refractivity contribution in [3.8, 4) is 28.9 Å². The monoisotopic (exact) mass is 483 g/mol. The van der Waals surface area contributed by atoms with Crippen LogP contribution in [-0.4, -0.2) is 49.6 Å². The minimum atomic E-state index is -0.680. The van der Waals surface area contributed by atoms with Crippen molar-refractivity contribution in [3.63, 3.8) is 0 Å². The van der Waals surface area contributed by atoms with Gasteiger partial charge in [-0.1, -0.05) is 6.07 Å². The largest absolute Gasteiger partial charge is 0.494 e. The van der Waals surface area contributed by atoms with Gasteiger partial charge in [0.1, 0.15) is 0 Å². The summed E-state index contributed by atoms with van der Waals surface area (Å²) in [6.45, 7) is 0.728. The maximum atomic E-state index is 12.9. The molecule has 2 aromatic carbocycles. The molecule has 1 aromatic heterocycles. The molecule has 10 nitrogen and oxygen atoms in total. The van der Waals surface area contributed by atoms with Gasteiger partial charge in [0.05, 0.1) is 40.0 Å². The summed E-state index contributed by atoms with van der Waals surface area (Å²) in [6.07, 6.45) is 1.13. The number of benzene rings is 2. The van der Waals surface area contributed by atoms with Crippen molar-refractivity contribution in [3.05, 3.63) is 73.4 Å². The first-order valence-corrected chi connectivity index (χ1v) is 11.2. The fraction of sp³-hybridized carbons (Fsp3) is 0.360. The highest BCUT2D eigenvalue weighted by atomic mass is 16.5. The summed E-state index contributed by atoms with van der Waals surface area (Å²) in [7, 11) is 6.20. The van der Waals surface area contributed by atoms with Gasteiger partial charge in [0, 0.05) is 13.1 Å². The van der Waals surface area contributed by atoms with Gasteiger partial charge in [0.2, 0.25) is 5.88 Å². The first-order valence-electron chi connectivity index (χ1n) is 11.2. The van der Waals surface area contributed by atoms with E-state index in [0.29, 0.717) is 42.4 Å². The van der Waals surface area contributed by atoms with Gasteiger partial charge in [-0.3, -0.25) is 14.3 Å². The number of nitrogens with zero attached hydrogens (tertiary/aromatic N) is 1. The molecule has 10 heteroatoms. The summed E-state index contributed by atoms with van der Waals surface area (Å²) in [5, 5.41) is 14.4. The van der Waals surface area contributed by atoms with Gasteiger partial charge in [0.25, 0.3) is 5.56 Å². The van der Waals surface area contributed by atoms with Crippen LogP contribution in [0.3, 0.4) is 0 Å². The second kappa shape index (κ2) is 10.1. The first kappa shape index (κ1) is 24.2. The van der Waals surface area contributed by atoms with Gasteiger partial charge < -0.3 is 29.4 Å². The van der Waals surface area contributed by atoms with Gasteiger partial charge in [-0.25, -0.2) is 4.79 Å². The van der Waals surface area contributed by atoms with Crippen molar-refractivity contribution in [2.45, 2.75) is 25.4 Å². The molecule has 0 bridgehead atoms. The standard InChI is InChI=1S/C25H29N3O7/c1-32-17-6-5-14(11-18(17)33-2)8-10-28-24(30)21(23(29)27-25(28)31)22-16-13-20(35-4)19(34-3)12-15(16)7-9-26-22/h5-6,11-13,22,26,30H,7-10H2,1-4H3,(H,27,29,31)/t22-/m0/s1. The fourth-order valence-corrected chi connectivity index (χ4v) is 4.46. The van der Waals surface area contributed by atoms with Crippen LogP contribution in [0, 0.1) is 0 Å². The van der Waals surface area contributed by atoms with Gasteiger partial charge >= 0.3 is 5.69 Å². The maximum absolute atomic E-state index is 12.9. The molecule has 0 radical (unpaired) electrons. The van der Waals surface area contributed by atoms with E-state index in [2.05, 4.69) is 10.3 Å². The Labute approximate surface area is 202 Å². The number of aromatic amines is 1. The van der Waals surface area contributed by atoms with Crippen LogP contribution in [0.5, 0.6) is 28.9 Å². The molecule has 0 aliphatic carbocycles. The number of methoxy groups -OCH3 is 4. The average Bonchev–Trinajstić information content (AvgIpc) is 2.87. The summed E-state index contributed by atoms with van der Waals surface area (Å²) in [5.41, 5.74) is 1.37. The van der Waals surface area contributed by atoms with E-state index in [1.807, 2.05) is 18.2 Å². The summed E-state index contributed by atoms with van der Waals surface area (Å²) in [5.74, 6) is 1.88. The lowest BCUT2D eigenvalue weighted by Crippen LogP contribution is -2.39. The predicted octanol–water partition coefficient (Wildman–Crippen LogP) is 1.75. The molecule has 186 valence electrons. The van der Waals surface area contributed by atoms with Crippen molar-refractivity contribution >= 4 is 0 Å². The summed E-state index contributed by atoms with van der Waals surface area (Å²) in [4.78, 5) is 27.8. The van der Waals surface area contributed by atoms with Crippen LogP contribution < -0.4 is 35.5 Å². The topological polar surface area (TPSA) is 124 Å². The minimum Gasteiger partial charge on any atom is -0.494 e. The van der Waals surface area contributed by atoms with Gasteiger partial charge in [-0.15, -0.1) is 0 Å². The van der Waals surface area contributed by atoms with Gasteiger partial charge in [-0.2, -0.15) is 0 Å². The molecule has 0 saturated carbocycles. The second-order valence-corrected chi connectivity index (χ2v) is 8.13. The average molecular weight is 484 g/mol. The predicted molar refractivity (Wildman–Crippen MR) is 129 cm³/mol. The number of ether oxygens (including phenoxy) is 4. The number of hydrogen-bond donors (Lipinski definition) is 3. The van der Waals surface area contributed by atoms with Gasteiger partial charge in [-0.05, 0) is 53.8 Å². The Hall–Kier alpha value is -3.92. The minimum absolute atomic E-state index is 0.0741. The number of aryl methyl sites for hydroxylation is 1. The molecule has 3 aromatic rings. The highest BCUT2D eigenvalue weighted by Gasteiger charge is 2.30. The second-order valence-electron chi connectivity index (χ2n) is 8.13. The maximum Gasteiger partial charge on any atom is 0.331 e. The van der Waals surface area contributed by atoms with E-state index in [9.17, 15) is 14.7 Å². The molecule has 0 amide bonds. The lowest BCUT2D eigenvalue weighted by Gasteiger charge is -2.28. The Kier molecular flexibility index (Phi) is 7.02. The van der Waals surface area contributed by atoms with Crippen LogP contribution in [0.15, 0.2) is 39.9 Å². The Morgan fingerprint density at radius 3 is 2.29 bits per heavy atom. The van der Waals surface area contributed by atoms with Crippen LogP contribution in [0.25, 0.3) is 0 Å². The number of fused-ring (bicyclic) bond motifs is 1. The lowest BCUT2D eigenvalue weighted by molar-refractivity contribution is 0.352. The Morgan fingerprint density at radius 1 is 0.943 bits per heavy atom. The zero-order valence-electron chi connectivity index (χ0n) is 20.1. The van der Waals surface area contributed by atoms with Crippen LogP contribution in [0.1, 0.15) is 28.3 Å². The number of nitrogens with one attached hydrogen (secondary N) is 2. The first-order chi connectivity index (χ1) is 16.9. The van der Waals surface area contributed by atoms with Crippen molar-refractivity contribution < 1.29 is 24.1 Å². The molecule has 1 atom stereocenters. The van der Waals surface area contributed by atoms with E-state index in [1.54, 1.807) is 33.5 Å². The van der Waals surface area contributed by atoms with E-state index in [1.165, 1.54) is 11.7 Å². The molecule has 1 aliphatic rings. The normalized spacial score (nSPS) is 14.8. The molecular weight excluding hydrogens is 454 g/mol. The van der Waals surface area contributed by atoms with Crippen molar-refractivity contribution in [2.75, 3.05) is 35.0 Å². The molecular formula is C25H29N3O7. The molecule has 0 saturated heterocycles. The fourth-order valence-electron chi connectivity index (χ4n) is 4.46. The summed E-state index contributed by atoms with van der Waals surface area (Å²) in [6, 6.07) is 8.49. The Bertz CT molecular complexity index is 1350. The number of aromatic hydroxyl groups is 1. The van der Waals surface area contributed by atoms with Crippen LogP contribution in [-0.2, 0) is 19.4 Å². The zero-order chi connectivity index (χ0) is 25.1. The van der Waals surface area contributed by atoms with E-state index >= 15 is 0 Å². The highest BCUT2D eigenvalue weighted by Crippen LogP contribution is 2.38. The third-order valence-electron chi connectivity index (χ3n) is 6.27. The number of rotatable bonds is 8. The quantitative estimate of drug-likeness (QED) is 0.443. The molecule has 4 rings (SSSR count). The van der Waals surface area contributed by atoms with Crippen LogP contribution >= 0.6 is 0 Å². The third-order valence-corrected chi connectivity index (χ3v) is 6.27. The molecule has 0 fully saturated rings. The third kappa shape index (κ3) is 4.57. The Morgan fingerprint density at radius 2 is 1.60 bits per heavy atom.